The van der Waals surface area contributed by atoms with Gasteiger partial charge >= 0.3 is 6.03 Å². The largest absolute Gasteiger partial charge is 0.341 e. The number of aromatic nitrogens is 2. The maximum absolute atomic E-state index is 11.8. The van der Waals surface area contributed by atoms with E-state index in [9.17, 15) is 9.59 Å². The first-order chi connectivity index (χ1) is 9.58. The van der Waals surface area contributed by atoms with Crippen LogP contribution in [0.3, 0.4) is 0 Å². The summed E-state index contributed by atoms with van der Waals surface area (Å²) in [6, 6.07) is 6.33. The molecule has 3 amide bonds. The molecule has 0 unspecified atom stereocenters. The number of carbonyl (C=O) groups is 2. The topological polar surface area (TPSA) is 96.0 Å². The van der Waals surface area contributed by atoms with Crippen LogP contribution in [-0.4, -0.2) is 29.2 Å². The Hall–Kier alpha value is -2.19. The molecule has 3 N–H and O–H groups in total. The van der Waals surface area contributed by atoms with Gasteiger partial charge in [0.05, 0.1) is 0 Å². The molecule has 1 aromatic heterocycles. The van der Waals surface area contributed by atoms with Gasteiger partial charge < -0.3 is 16.0 Å². The van der Waals surface area contributed by atoms with Crippen molar-refractivity contribution in [2.45, 2.75) is 0 Å². The van der Waals surface area contributed by atoms with Gasteiger partial charge in [0, 0.05) is 18.4 Å². The van der Waals surface area contributed by atoms with Crippen molar-refractivity contribution in [3.63, 3.8) is 0 Å². The molecule has 0 fully saturated rings. The standard InChI is InChI=1S/C11H10ClN5O2S/c1-13-11(19)15-7-4-2-6(3-5-7)14-8(18)9-16-17-10(12)20-9/h2-5H,1H3,(H,14,18)(H2,13,15,19). The van der Waals surface area contributed by atoms with Crippen LogP contribution in [0, 0.1) is 0 Å². The normalized spacial score (nSPS) is 9.90. The molecule has 0 bridgehead atoms. The molecular formula is C11H10ClN5O2S. The predicted octanol–water partition coefficient (Wildman–Crippen LogP) is 2.20. The number of hydrogen-bond acceptors (Lipinski definition) is 5. The molecule has 2 rings (SSSR count). The Morgan fingerprint density at radius 3 is 2.20 bits per heavy atom. The fourth-order valence-corrected chi connectivity index (χ4v) is 2.04. The molecule has 0 aliphatic carbocycles. The second-order valence-electron chi connectivity index (χ2n) is 3.60. The molecule has 0 saturated heterocycles. The van der Waals surface area contributed by atoms with Crippen molar-refractivity contribution in [3.05, 3.63) is 33.7 Å². The van der Waals surface area contributed by atoms with Gasteiger partial charge in [0.25, 0.3) is 5.91 Å². The summed E-state index contributed by atoms with van der Waals surface area (Å²) in [7, 11) is 1.52. The molecule has 0 saturated carbocycles. The number of carbonyl (C=O) groups excluding carboxylic acids is 2. The third-order valence-corrected chi connectivity index (χ3v) is 3.24. The van der Waals surface area contributed by atoms with E-state index >= 15 is 0 Å². The molecule has 0 aliphatic rings. The quantitative estimate of drug-likeness (QED) is 0.809. The van der Waals surface area contributed by atoms with Crippen LogP contribution in [0.15, 0.2) is 24.3 Å². The van der Waals surface area contributed by atoms with Crippen LogP contribution in [0.2, 0.25) is 4.47 Å². The van der Waals surface area contributed by atoms with E-state index in [1.807, 2.05) is 0 Å². The Labute approximate surface area is 123 Å². The van der Waals surface area contributed by atoms with Crippen molar-refractivity contribution in [1.29, 1.82) is 0 Å². The lowest BCUT2D eigenvalue weighted by Crippen LogP contribution is -2.24. The molecule has 7 nitrogen and oxygen atoms in total. The number of rotatable bonds is 3. The molecule has 0 radical (unpaired) electrons. The highest BCUT2D eigenvalue weighted by atomic mass is 35.5. The summed E-state index contributed by atoms with van der Waals surface area (Å²) in [4.78, 5) is 22.9. The first kappa shape index (κ1) is 14.2. The lowest BCUT2D eigenvalue weighted by Gasteiger charge is -2.06. The van der Waals surface area contributed by atoms with E-state index in [0.29, 0.717) is 11.4 Å². The third kappa shape index (κ3) is 3.65. The fraction of sp³-hybridized carbons (Fsp3) is 0.0909. The minimum absolute atomic E-state index is 0.183. The molecule has 0 spiro atoms. The molecule has 0 aliphatic heterocycles. The van der Waals surface area contributed by atoms with E-state index in [4.69, 9.17) is 11.6 Å². The predicted molar refractivity (Wildman–Crippen MR) is 77.4 cm³/mol. The summed E-state index contributed by atoms with van der Waals surface area (Å²) >= 11 is 6.60. The van der Waals surface area contributed by atoms with Crippen LogP contribution >= 0.6 is 22.9 Å². The number of anilines is 2. The van der Waals surface area contributed by atoms with Crippen LogP contribution in [0.25, 0.3) is 0 Å². The van der Waals surface area contributed by atoms with E-state index in [-0.39, 0.29) is 21.4 Å². The summed E-state index contributed by atoms with van der Waals surface area (Å²) in [5.74, 6) is -0.388. The van der Waals surface area contributed by atoms with Crippen LogP contribution in [0.5, 0.6) is 0 Å². The van der Waals surface area contributed by atoms with Gasteiger partial charge in [0.15, 0.2) is 0 Å². The highest BCUT2D eigenvalue weighted by Crippen LogP contribution is 2.18. The minimum atomic E-state index is -0.388. The molecular weight excluding hydrogens is 302 g/mol. The summed E-state index contributed by atoms with van der Waals surface area (Å²) in [5, 5.41) is 15.1. The molecule has 20 heavy (non-hydrogen) atoms. The number of hydrogen-bond donors (Lipinski definition) is 3. The highest BCUT2D eigenvalue weighted by Gasteiger charge is 2.12. The zero-order chi connectivity index (χ0) is 14.5. The van der Waals surface area contributed by atoms with Gasteiger partial charge in [-0.05, 0) is 35.9 Å². The van der Waals surface area contributed by atoms with Crippen molar-refractivity contribution in [2.75, 3.05) is 17.7 Å². The smallest absolute Gasteiger partial charge is 0.318 e. The number of halogens is 1. The summed E-state index contributed by atoms with van der Waals surface area (Å²) in [6.07, 6.45) is 0. The van der Waals surface area contributed by atoms with E-state index < -0.39 is 0 Å². The van der Waals surface area contributed by atoms with E-state index in [1.165, 1.54) is 7.05 Å². The van der Waals surface area contributed by atoms with Gasteiger partial charge in [-0.3, -0.25) is 4.79 Å². The van der Waals surface area contributed by atoms with Crippen molar-refractivity contribution < 1.29 is 9.59 Å². The molecule has 1 aromatic carbocycles. The zero-order valence-electron chi connectivity index (χ0n) is 10.3. The van der Waals surface area contributed by atoms with Crippen molar-refractivity contribution in [2.24, 2.45) is 0 Å². The van der Waals surface area contributed by atoms with Gasteiger partial charge in [0.2, 0.25) is 9.47 Å². The van der Waals surface area contributed by atoms with Gasteiger partial charge in [-0.2, -0.15) is 0 Å². The van der Waals surface area contributed by atoms with Gasteiger partial charge in [-0.25, -0.2) is 4.79 Å². The molecule has 104 valence electrons. The highest BCUT2D eigenvalue weighted by molar-refractivity contribution is 7.17. The number of urea groups is 1. The Balaban J connectivity index is 2.00. The Kier molecular flexibility index (Phi) is 4.49. The maximum atomic E-state index is 11.8. The number of amides is 3. The first-order valence-electron chi connectivity index (χ1n) is 5.47. The van der Waals surface area contributed by atoms with Crippen molar-refractivity contribution in [1.82, 2.24) is 15.5 Å². The molecule has 9 heteroatoms. The second kappa shape index (κ2) is 6.31. The van der Waals surface area contributed by atoms with E-state index in [1.54, 1.807) is 24.3 Å². The average Bonchev–Trinajstić information content (AvgIpc) is 2.87. The maximum Gasteiger partial charge on any atom is 0.318 e. The van der Waals surface area contributed by atoms with Crippen LogP contribution < -0.4 is 16.0 Å². The minimum Gasteiger partial charge on any atom is -0.341 e. The third-order valence-electron chi connectivity index (χ3n) is 2.22. The number of nitrogens with zero attached hydrogens (tertiary/aromatic N) is 2. The van der Waals surface area contributed by atoms with Crippen molar-refractivity contribution >= 4 is 46.3 Å². The Morgan fingerprint density at radius 2 is 1.70 bits per heavy atom. The lowest BCUT2D eigenvalue weighted by molar-refractivity contribution is 0.102. The first-order valence-corrected chi connectivity index (χ1v) is 6.67. The molecule has 1 heterocycles. The van der Waals surface area contributed by atoms with Crippen molar-refractivity contribution in [3.8, 4) is 0 Å². The Bertz CT molecular complexity index is 628. The SMILES string of the molecule is CNC(=O)Nc1ccc(NC(=O)c2nnc(Cl)s2)cc1. The van der Waals surface area contributed by atoms with Gasteiger partial charge in [-0.1, -0.05) is 11.3 Å². The van der Waals surface area contributed by atoms with Gasteiger partial charge in [-0.15, -0.1) is 10.2 Å². The zero-order valence-corrected chi connectivity index (χ0v) is 11.9. The molecule has 0 atom stereocenters. The summed E-state index contributed by atoms with van der Waals surface area (Å²) < 4.78 is 0.209. The number of nitrogens with one attached hydrogen (secondary N) is 3. The van der Waals surface area contributed by atoms with Crippen LogP contribution in [-0.2, 0) is 0 Å². The summed E-state index contributed by atoms with van der Waals surface area (Å²) in [5.41, 5.74) is 1.19. The van der Waals surface area contributed by atoms with Crippen LogP contribution in [0.4, 0.5) is 16.2 Å². The monoisotopic (exact) mass is 311 g/mol. The second-order valence-corrected chi connectivity index (χ2v) is 5.16. The molecule has 2 aromatic rings. The Morgan fingerprint density at radius 1 is 1.10 bits per heavy atom. The van der Waals surface area contributed by atoms with Crippen LogP contribution in [0.1, 0.15) is 9.80 Å². The van der Waals surface area contributed by atoms with E-state index in [2.05, 4.69) is 26.1 Å². The fourth-order valence-electron chi connectivity index (χ4n) is 1.31. The summed E-state index contributed by atoms with van der Waals surface area (Å²) in [6.45, 7) is 0. The van der Waals surface area contributed by atoms with Gasteiger partial charge in [0.1, 0.15) is 0 Å². The van der Waals surface area contributed by atoms with E-state index in [0.717, 1.165) is 11.3 Å². The average molecular weight is 312 g/mol. The lowest BCUT2D eigenvalue weighted by atomic mass is 10.3. The number of benzene rings is 1.